The predicted octanol–water partition coefficient (Wildman–Crippen LogP) is 3.62. The Balaban J connectivity index is 1.55. The molecule has 0 bridgehead atoms. The number of carbonyl (C=O) groups excluding carboxylic acids is 2. The van der Waals surface area contributed by atoms with Crippen LogP contribution >= 0.6 is 0 Å². The Morgan fingerprint density at radius 1 is 1.23 bits per heavy atom. The van der Waals surface area contributed by atoms with Gasteiger partial charge in [-0.15, -0.1) is 0 Å². The number of ether oxygens (including phenoxy) is 1. The van der Waals surface area contributed by atoms with Gasteiger partial charge >= 0.3 is 0 Å². The number of carbonyl (C=O) groups is 2. The first-order chi connectivity index (χ1) is 14.5. The van der Waals surface area contributed by atoms with Crippen LogP contribution in [0.25, 0.3) is 11.1 Å². The molecule has 0 aliphatic carbocycles. The highest BCUT2D eigenvalue weighted by atomic mass is 16.5. The number of amides is 2. The van der Waals surface area contributed by atoms with E-state index in [0.29, 0.717) is 24.3 Å². The fraction of sp³-hybridized carbons (Fsp3) is 0.348. The van der Waals surface area contributed by atoms with Crippen LogP contribution in [0.1, 0.15) is 43.3 Å². The fourth-order valence-electron chi connectivity index (χ4n) is 4.03. The lowest BCUT2D eigenvalue weighted by atomic mass is 9.83. The lowest BCUT2D eigenvalue weighted by Gasteiger charge is -2.38. The maximum atomic E-state index is 13.2. The number of fused-ring (bicyclic) bond motifs is 1. The summed E-state index contributed by atoms with van der Waals surface area (Å²) >= 11 is 0. The average molecular weight is 407 g/mol. The van der Waals surface area contributed by atoms with Gasteiger partial charge in [0.05, 0.1) is 19.1 Å². The number of hydrogen-bond donors (Lipinski definition) is 1. The van der Waals surface area contributed by atoms with E-state index in [9.17, 15) is 9.59 Å². The largest absolute Gasteiger partial charge is 0.497 e. The third kappa shape index (κ3) is 3.75. The number of nitrogens with zero attached hydrogens (tertiary/aromatic N) is 2. The smallest absolute Gasteiger partial charge is 0.226 e. The van der Waals surface area contributed by atoms with Crippen LogP contribution < -0.4 is 10.1 Å². The Kier molecular flexibility index (Phi) is 5.44. The van der Waals surface area contributed by atoms with E-state index < -0.39 is 0 Å². The summed E-state index contributed by atoms with van der Waals surface area (Å²) in [5.74, 6) is 0.740. The quantitative estimate of drug-likeness (QED) is 0.698. The lowest BCUT2D eigenvalue weighted by molar-refractivity contribution is -0.141. The number of aromatic nitrogens is 1. The predicted molar refractivity (Wildman–Crippen MR) is 112 cm³/mol. The molecule has 1 aliphatic heterocycles. The number of hydrogen-bond acceptors (Lipinski definition) is 5. The van der Waals surface area contributed by atoms with Crippen molar-refractivity contribution in [2.45, 2.75) is 31.8 Å². The summed E-state index contributed by atoms with van der Waals surface area (Å²) in [5, 5.41) is 3.03. The van der Waals surface area contributed by atoms with E-state index in [1.54, 1.807) is 19.1 Å². The maximum absolute atomic E-state index is 13.2. The zero-order valence-corrected chi connectivity index (χ0v) is 17.3. The van der Waals surface area contributed by atoms with Crippen molar-refractivity contribution < 1.29 is 18.7 Å². The molecule has 7 nitrogen and oxygen atoms in total. The van der Waals surface area contributed by atoms with Gasteiger partial charge in [0.1, 0.15) is 17.3 Å². The molecule has 3 atom stereocenters. The van der Waals surface area contributed by atoms with Crippen molar-refractivity contribution in [3.8, 4) is 5.75 Å². The maximum Gasteiger partial charge on any atom is 0.226 e. The van der Waals surface area contributed by atoms with Gasteiger partial charge in [0, 0.05) is 13.5 Å². The van der Waals surface area contributed by atoms with Gasteiger partial charge in [-0.25, -0.2) is 4.98 Å². The number of rotatable bonds is 5. The third-order valence-electron chi connectivity index (χ3n) is 5.69. The first-order valence-corrected chi connectivity index (χ1v) is 10.0. The van der Waals surface area contributed by atoms with Crippen LogP contribution in [0.4, 0.5) is 0 Å². The molecule has 4 rings (SSSR count). The van der Waals surface area contributed by atoms with Crippen molar-refractivity contribution in [2.75, 3.05) is 14.2 Å². The molecule has 0 radical (unpaired) electrons. The van der Waals surface area contributed by atoms with Gasteiger partial charge in [-0.3, -0.25) is 9.59 Å². The number of likely N-dealkylation sites (tertiary alicyclic amines) is 1. The summed E-state index contributed by atoms with van der Waals surface area (Å²) in [6.07, 6.45) is 0.838. The van der Waals surface area contributed by atoms with Gasteiger partial charge in [0.2, 0.25) is 17.7 Å². The molecule has 7 heteroatoms. The molecule has 30 heavy (non-hydrogen) atoms. The van der Waals surface area contributed by atoms with Crippen LogP contribution in [-0.2, 0) is 9.59 Å². The first kappa shape index (κ1) is 19.9. The van der Waals surface area contributed by atoms with E-state index in [1.165, 1.54) is 0 Å². The molecule has 156 valence electrons. The molecule has 3 unspecified atom stereocenters. The SMILES string of the molecule is COc1ccc(C2C(C(=O)NC(C)c3nc4ccccc4o3)CCC(=O)N2C)cc1. The van der Waals surface area contributed by atoms with Crippen molar-refractivity contribution >= 4 is 22.9 Å². The van der Waals surface area contributed by atoms with E-state index in [0.717, 1.165) is 16.8 Å². The van der Waals surface area contributed by atoms with Crippen LogP contribution in [-0.4, -0.2) is 35.9 Å². The zero-order valence-electron chi connectivity index (χ0n) is 17.3. The summed E-state index contributed by atoms with van der Waals surface area (Å²) < 4.78 is 11.0. The minimum Gasteiger partial charge on any atom is -0.497 e. The van der Waals surface area contributed by atoms with Crippen LogP contribution in [0.5, 0.6) is 5.75 Å². The molecular formula is C23H25N3O4. The molecule has 2 heterocycles. The Hall–Kier alpha value is -3.35. The van der Waals surface area contributed by atoms with Crippen LogP contribution in [0.2, 0.25) is 0 Å². The van der Waals surface area contributed by atoms with Crippen LogP contribution in [0.15, 0.2) is 52.9 Å². The van der Waals surface area contributed by atoms with Gasteiger partial charge in [0.15, 0.2) is 5.58 Å². The topological polar surface area (TPSA) is 84.7 Å². The summed E-state index contributed by atoms with van der Waals surface area (Å²) in [5.41, 5.74) is 2.35. The number of piperidine rings is 1. The first-order valence-electron chi connectivity index (χ1n) is 10.0. The van der Waals surface area contributed by atoms with E-state index in [4.69, 9.17) is 9.15 Å². The van der Waals surface area contributed by atoms with E-state index in [1.807, 2.05) is 55.5 Å². The average Bonchev–Trinajstić information content (AvgIpc) is 3.20. The Bertz CT molecular complexity index is 1030. The summed E-state index contributed by atoms with van der Waals surface area (Å²) in [4.78, 5) is 31.7. The molecule has 2 aromatic carbocycles. The second-order valence-corrected chi connectivity index (χ2v) is 7.62. The lowest BCUT2D eigenvalue weighted by Crippen LogP contribution is -2.46. The van der Waals surface area contributed by atoms with Crippen molar-refractivity contribution in [3.63, 3.8) is 0 Å². The molecule has 2 amide bonds. The molecule has 1 fully saturated rings. The van der Waals surface area contributed by atoms with E-state index in [2.05, 4.69) is 10.3 Å². The highest BCUT2D eigenvalue weighted by Crippen LogP contribution is 2.37. The summed E-state index contributed by atoms with van der Waals surface area (Å²) in [6.45, 7) is 1.85. The third-order valence-corrected chi connectivity index (χ3v) is 5.69. The Morgan fingerprint density at radius 3 is 2.67 bits per heavy atom. The standard InChI is InChI=1S/C23H25N3O4/c1-14(23-25-18-6-4-5-7-19(18)30-23)24-22(28)17-12-13-20(27)26(2)21(17)15-8-10-16(29-3)11-9-15/h4-11,14,17,21H,12-13H2,1-3H3,(H,24,28). The molecule has 3 aromatic rings. The monoisotopic (exact) mass is 407 g/mol. The highest BCUT2D eigenvalue weighted by molar-refractivity contribution is 5.85. The number of para-hydroxylation sites is 2. The van der Waals surface area contributed by atoms with Gasteiger partial charge < -0.3 is 19.4 Å². The number of benzene rings is 2. The van der Waals surface area contributed by atoms with Gasteiger partial charge in [-0.2, -0.15) is 0 Å². The normalized spacial score (nSPS) is 20.2. The number of nitrogens with one attached hydrogen (secondary N) is 1. The molecule has 1 aromatic heterocycles. The minimum atomic E-state index is -0.385. The minimum absolute atomic E-state index is 0.0341. The van der Waals surface area contributed by atoms with Crippen molar-refractivity contribution in [1.29, 1.82) is 0 Å². The van der Waals surface area contributed by atoms with E-state index >= 15 is 0 Å². The molecule has 1 saturated heterocycles. The second-order valence-electron chi connectivity index (χ2n) is 7.62. The van der Waals surface area contributed by atoms with Crippen molar-refractivity contribution in [2.24, 2.45) is 5.92 Å². The summed E-state index contributed by atoms with van der Waals surface area (Å²) in [6, 6.07) is 14.3. The Morgan fingerprint density at radius 2 is 1.97 bits per heavy atom. The van der Waals surface area contributed by atoms with Gasteiger partial charge in [0.25, 0.3) is 0 Å². The van der Waals surface area contributed by atoms with Crippen molar-refractivity contribution in [3.05, 3.63) is 60.0 Å². The molecule has 1 N–H and O–H groups in total. The van der Waals surface area contributed by atoms with Crippen molar-refractivity contribution in [1.82, 2.24) is 15.2 Å². The molecule has 0 spiro atoms. The second kappa shape index (κ2) is 8.18. The Labute approximate surface area is 175 Å². The van der Waals surface area contributed by atoms with Gasteiger partial charge in [-0.05, 0) is 43.2 Å². The highest BCUT2D eigenvalue weighted by Gasteiger charge is 2.39. The molecule has 1 aliphatic rings. The number of oxazole rings is 1. The van der Waals surface area contributed by atoms with E-state index in [-0.39, 0.29) is 29.8 Å². The zero-order chi connectivity index (χ0) is 21.3. The molecule has 0 saturated carbocycles. The van der Waals surface area contributed by atoms with Crippen LogP contribution in [0.3, 0.4) is 0 Å². The van der Waals surface area contributed by atoms with Crippen LogP contribution in [0, 0.1) is 5.92 Å². The fourth-order valence-corrected chi connectivity index (χ4v) is 4.03. The number of methoxy groups -OCH3 is 1. The summed E-state index contributed by atoms with van der Waals surface area (Å²) in [7, 11) is 3.36. The molecular weight excluding hydrogens is 382 g/mol. The van der Waals surface area contributed by atoms with Gasteiger partial charge in [-0.1, -0.05) is 24.3 Å².